The Labute approximate surface area is 71.3 Å². The van der Waals surface area contributed by atoms with Crippen molar-refractivity contribution in [2.75, 3.05) is 11.9 Å². The third-order valence-corrected chi connectivity index (χ3v) is 1.48. The van der Waals surface area contributed by atoms with Gasteiger partial charge in [0.2, 0.25) is 0 Å². The Balaban J connectivity index is 2.63. The van der Waals surface area contributed by atoms with Crippen molar-refractivity contribution >= 4 is 6.01 Å². The molecule has 0 aliphatic rings. The zero-order valence-electron chi connectivity index (χ0n) is 7.59. The molecule has 5 heteroatoms. The van der Waals surface area contributed by atoms with Crippen molar-refractivity contribution in [3.63, 3.8) is 0 Å². The molecule has 1 aromatic heterocycles. The van der Waals surface area contributed by atoms with E-state index >= 15 is 0 Å². The molecular formula is C7H14N4O. The van der Waals surface area contributed by atoms with Crippen LogP contribution in [0.3, 0.4) is 0 Å². The molecule has 1 aromatic rings. The van der Waals surface area contributed by atoms with Crippen molar-refractivity contribution in [3.05, 3.63) is 5.82 Å². The number of nitrogens with zero attached hydrogens (tertiary/aromatic N) is 2. The van der Waals surface area contributed by atoms with Crippen LogP contribution in [0.4, 0.5) is 6.01 Å². The molecule has 1 rings (SSSR count). The molecule has 5 nitrogen and oxygen atoms in total. The maximum Gasteiger partial charge on any atom is 0.321 e. The maximum atomic E-state index is 5.51. The van der Waals surface area contributed by atoms with Crippen LogP contribution >= 0.6 is 0 Å². The molecule has 0 bridgehead atoms. The first-order chi connectivity index (χ1) is 5.53. The van der Waals surface area contributed by atoms with E-state index in [1.165, 1.54) is 0 Å². The van der Waals surface area contributed by atoms with Gasteiger partial charge in [-0.25, -0.2) is 0 Å². The Morgan fingerprint density at radius 2 is 2.25 bits per heavy atom. The average molecular weight is 170 g/mol. The van der Waals surface area contributed by atoms with E-state index < -0.39 is 0 Å². The molecule has 0 aromatic carbocycles. The first-order valence-electron chi connectivity index (χ1n) is 3.82. The predicted octanol–water partition coefficient (Wildman–Crippen LogP) is 0.527. The molecular weight excluding hydrogens is 156 g/mol. The first-order valence-corrected chi connectivity index (χ1v) is 3.82. The standard InChI is InChI=1S/C7H14N4O/c1-5-9-6(12-11-5)10-7(2,3)4-8/h4,8H2,1-3H3,(H,9,10,11). The normalized spacial score (nSPS) is 11.7. The number of hydrogen-bond acceptors (Lipinski definition) is 5. The van der Waals surface area contributed by atoms with Gasteiger partial charge < -0.3 is 15.6 Å². The SMILES string of the molecule is Cc1noc(NC(C)(C)CN)n1. The third-order valence-electron chi connectivity index (χ3n) is 1.48. The van der Waals surface area contributed by atoms with Gasteiger partial charge in [-0.15, -0.1) is 0 Å². The molecule has 0 radical (unpaired) electrons. The number of rotatable bonds is 3. The highest BCUT2D eigenvalue weighted by atomic mass is 16.5. The zero-order valence-corrected chi connectivity index (χ0v) is 7.59. The zero-order chi connectivity index (χ0) is 9.19. The number of nitrogens with one attached hydrogen (secondary N) is 1. The number of aromatic nitrogens is 2. The van der Waals surface area contributed by atoms with Gasteiger partial charge in [-0.05, 0) is 20.8 Å². The molecule has 68 valence electrons. The minimum absolute atomic E-state index is 0.209. The highest BCUT2D eigenvalue weighted by Gasteiger charge is 2.17. The Bertz CT molecular complexity index is 256. The van der Waals surface area contributed by atoms with Crippen LogP contribution in [0.5, 0.6) is 0 Å². The van der Waals surface area contributed by atoms with E-state index in [2.05, 4.69) is 15.5 Å². The third kappa shape index (κ3) is 2.20. The lowest BCUT2D eigenvalue weighted by Crippen LogP contribution is -2.39. The number of aryl methyl sites for hydroxylation is 1. The second-order valence-electron chi connectivity index (χ2n) is 3.36. The van der Waals surface area contributed by atoms with Crippen LogP contribution in [-0.2, 0) is 0 Å². The molecule has 12 heavy (non-hydrogen) atoms. The minimum atomic E-state index is -0.209. The molecule has 0 fully saturated rings. The summed E-state index contributed by atoms with van der Waals surface area (Å²) in [6.45, 7) is 6.21. The van der Waals surface area contributed by atoms with Crippen LogP contribution in [0.25, 0.3) is 0 Å². The van der Waals surface area contributed by atoms with Crippen molar-refractivity contribution in [3.8, 4) is 0 Å². The van der Waals surface area contributed by atoms with Gasteiger partial charge >= 0.3 is 6.01 Å². The predicted molar refractivity (Wildman–Crippen MR) is 45.8 cm³/mol. The first kappa shape index (κ1) is 8.99. The summed E-state index contributed by atoms with van der Waals surface area (Å²) in [4.78, 5) is 4.00. The molecule has 0 unspecified atom stereocenters. The molecule has 1 heterocycles. The van der Waals surface area contributed by atoms with Crippen molar-refractivity contribution in [1.29, 1.82) is 0 Å². The van der Waals surface area contributed by atoms with Crippen molar-refractivity contribution in [1.82, 2.24) is 10.1 Å². The lowest BCUT2D eigenvalue weighted by Gasteiger charge is -2.21. The molecule has 3 N–H and O–H groups in total. The van der Waals surface area contributed by atoms with Gasteiger partial charge in [-0.2, -0.15) is 4.98 Å². The van der Waals surface area contributed by atoms with Crippen LogP contribution in [0.2, 0.25) is 0 Å². The van der Waals surface area contributed by atoms with Gasteiger partial charge in [0.1, 0.15) is 0 Å². The molecule has 0 aliphatic carbocycles. The van der Waals surface area contributed by atoms with E-state index in [0.29, 0.717) is 18.4 Å². The van der Waals surface area contributed by atoms with Gasteiger partial charge in [0.25, 0.3) is 0 Å². The van der Waals surface area contributed by atoms with Gasteiger partial charge in [0, 0.05) is 12.1 Å². The summed E-state index contributed by atoms with van der Waals surface area (Å²) in [6, 6.07) is 0.419. The molecule has 0 spiro atoms. The quantitative estimate of drug-likeness (QED) is 0.691. The van der Waals surface area contributed by atoms with Gasteiger partial charge in [0.15, 0.2) is 5.82 Å². The molecule has 0 atom stereocenters. The van der Waals surface area contributed by atoms with E-state index in [4.69, 9.17) is 10.3 Å². The molecule has 0 saturated heterocycles. The van der Waals surface area contributed by atoms with Crippen LogP contribution in [0.15, 0.2) is 4.52 Å². The lowest BCUT2D eigenvalue weighted by molar-refractivity contribution is 0.411. The highest BCUT2D eigenvalue weighted by Crippen LogP contribution is 2.10. The Morgan fingerprint density at radius 3 is 2.67 bits per heavy atom. The average Bonchev–Trinajstić information content (AvgIpc) is 2.35. The fraction of sp³-hybridized carbons (Fsp3) is 0.714. The molecule has 0 aliphatic heterocycles. The second-order valence-corrected chi connectivity index (χ2v) is 3.36. The van der Waals surface area contributed by atoms with Crippen LogP contribution < -0.4 is 11.1 Å². The van der Waals surface area contributed by atoms with Crippen molar-refractivity contribution in [2.24, 2.45) is 5.73 Å². The maximum absolute atomic E-state index is 5.51. The number of hydrogen-bond donors (Lipinski definition) is 2. The van der Waals surface area contributed by atoms with Gasteiger partial charge in [0.05, 0.1) is 0 Å². The summed E-state index contributed by atoms with van der Waals surface area (Å²) < 4.78 is 4.87. The van der Waals surface area contributed by atoms with E-state index in [0.717, 1.165) is 0 Å². The van der Waals surface area contributed by atoms with E-state index in [-0.39, 0.29) is 5.54 Å². The van der Waals surface area contributed by atoms with Gasteiger partial charge in [-0.3, -0.25) is 0 Å². The van der Waals surface area contributed by atoms with Gasteiger partial charge in [-0.1, -0.05) is 5.16 Å². The largest absolute Gasteiger partial charge is 0.332 e. The van der Waals surface area contributed by atoms with Crippen LogP contribution in [0, 0.1) is 6.92 Å². The second kappa shape index (κ2) is 3.10. The number of nitrogens with two attached hydrogens (primary N) is 1. The fourth-order valence-corrected chi connectivity index (χ4v) is 0.688. The Morgan fingerprint density at radius 1 is 1.58 bits per heavy atom. The summed E-state index contributed by atoms with van der Waals surface area (Å²) in [5, 5.41) is 6.67. The summed E-state index contributed by atoms with van der Waals surface area (Å²) >= 11 is 0. The van der Waals surface area contributed by atoms with Crippen molar-refractivity contribution < 1.29 is 4.52 Å². The van der Waals surface area contributed by atoms with Crippen LogP contribution in [-0.4, -0.2) is 22.2 Å². The molecule has 0 amide bonds. The summed E-state index contributed by atoms with van der Waals surface area (Å²) in [7, 11) is 0. The minimum Gasteiger partial charge on any atom is -0.332 e. The van der Waals surface area contributed by atoms with E-state index in [1.807, 2.05) is 13.8 Å². The van der Waals surface area contributed by atoms with E-state index in [1.54, 1.807) is 6.92 Å². The Hall–Kier alpha value is -1.10. The monoisotopic (exact) mass is 170 g/mol. The molecule has 0 saturated carbocycles. The van der Waals surface area contributed by atoms with E-state index in [9.17, 15) is 0 Å². The number of anilines is 1. The van der Waals surface area contributed by atoms with Crippen molar-refractivity contribution in [2.45, 2.75) is 26.3 Å². The fourth-order valence-electron chi connectivity index (χ4n) is 0.688. The summed E-state index contributed by atoms with van der Waals surface area (Å²) in [6.07, 6.45) is 0. The lowest BCUT2D eigenvalue weighted by atomic mass is 10.1. The highest BCUT2D eigenvalue weighted by molar-refractivity contribution is 5.23. The summed E-state index contributed by atoms with van der Waals surface area (Å²) in [5.74, 6) is 0.616. The van der Waals surface area contributed by atoms with Crippen LogP contribution in [0.1, 0.15) is 19.7 Å². The summed E-state index contributed by atoms with van der Waals surface area (Å²) in [5.41, 5.74) is 5.30. The smallest absolute Gasteiger partial charge is 0.321 e. The topological polar surface area (TPSA) is 77.0 Å². The Kier molecular flexibility index (Phi) is 2.32.